The largest absolute Gasteiger partial charge is 0.382 e. The fourth-order valence-corrected chi connectivity index (χ4v) is 3.16. The summed E-state index contributed by atoms with van der Waals surface area (Å²) in [5.41, 5.74) is 8.45. The van der Waals surface area contributed by atoms with E-state index >= 15 is 0 Å². The number of aromatic amines is 1. The number of nitrogen functional groups attached to an aromatic ring is 1. The molecule has 9 heteroatoms. The first-order valence-corrected chi connectivity index (χ1v) is 8.33. The van der Waals surface area contributed by atoms with Gasteiger partial charge in [0.2, 0.25) is 0 Å². The van der Waals surface area contributed by atoms with E-state index in [1.807, 2.05) is 0 Å². The number of nitrogens with one attached hydrogen (secondary N) is 1. The SMILES string of the molecule is Cc1nc(N)c2[nH]c(-c3cccc(F)c3)nc2c1C(=O)N1CCOCC1.Cl. The number of fused-ring (bicyclic) bond motifs is 1. The fraction of sp³-hybridized carbons (Fsp3) is 0.278. The lowest BCUT2D eigenvalue weighted by atomic mass is 10.1. The second-order valence-corrected chi connectivity index (χ2v) is 6.18. The number of benzene rings is 1. The Morgan fingerprint density at radius 2 is 2.04 bits per heavy atom. The average molecular weight is 392 g/mol. The molecule has 7 nitrogen and oxygen atoms in total. The van der Waals surface area contributed by atoms with E-state index < -0.39 is 0 Å². The monoisotopic (exact) mass is 391 g/mol. The van der Waals surface area contributed by atoms with Gasteiger partial charge in [0.1, 0.15) is 28.5 Å². The molecule has 142 valence electrons. The topological polar surface area (TPSA) is 97.1 Å². The highest BCUT2D eigenvalue weighted by atomic mass is 35.5. The highest BCUT2D eigenvalue weighted by molar-refractivity contribution is 6.08. The van der Waals surface area contributed by atoms with E-state index in [-0.39, 0.29) is 29.9 Å². The van der Waals surface area contributed by atoms with Crippen molar-refractivity contribution in [2.45, 2.75) is 6.92 Å². The zero-order chi connectivity index (χ0) is 18.3. The van der Waals surface area contributed by atoms with Crippen LogP contribution < -0.4 is 5.73 Å². The maximum Gasteiger partial charge on any atom is 0.258 e. The molecule has 0 bridgehead atoms. The number of pyridine rings is 1. The van der Waals surface area contributed by atoms with Gasteiger partial charge in [-0.05, 0) is 19.1 Å². The minimum absolute atomic E-state index is 0. The van der Waals surface area contributed by atoms with Gasteiger partial charge in [-0.1, -0.05) is 12.1 Å². The Balaban J connectivity index is 0.00000210. The van der Waals surface area contributed by atoms with Crippen LogP contribution in [0.2, 0.25) is 0 Å². The van der Waals surface area contributed by atoms with Crippen LogP contribution in [0.4, 0.5) is 10.2 Å². The summed E-state index contributed by atoms with van der Waals surface area (Å²) in [4.78, 5) is 26.7. The van der Waals surface area contributed by atoms with Crippen molar-refractivity contribution in [2.75, 3.05) is 32.0 Å². The molecule has 0 radical (unpaired) electrons. The van der Waals surface area contributed by atoms with Crippen molar-refractivity contribution in [1.29, 1.82) is 0 Å². The van der Waals surface area contributed by atoms with Gasteiger partial charge >= 0.3 is 0 Å². The zero-order valence-electron chi connectivity index (χ0n) is 14.7. The number of anilines is 1. The van der Waals surface area contributed by atoms with Gasteiger partial charge in [-0.3, -0.25) is 4.79 Å². The van der Waals surface area contributed by atoms with E-state index in [2.05, 4.69) is 15.0 Å². The number of hydrogen-bond acceptors (Lipinski definition) is 5. The number of halogens is 2. The van der Waals surface area contributed by atoms with Gasteiger partial charge in [-0.15, -0.1) is 12.4 Å². The summed E-state index contributed by atoms with van der Waals surface area (Å²) in [7, 11) is 0. The first-order chi connectivity index (χ1) is 12.5. The summed E-state index contributed by atoms with van der Waals surface area (Å²) in [6, 6.07) is 6.07. The number of rotatable bonds is 2. The minimum Gasteiger partial charge on any atom is -0.382 e. The van der Waals surface area contributed by atoms with E-state index in [1.165, 1.54) is 12.1 Å². The van der Waals surface area contributed by atoms with Crippen LogP contribution >= 0.6 is 12.4 Å². The number of imidazole rings is 1. The molecule has 1 saturated heterocycles. The number of amides is 1. The highest BCUT2D eigenvalue weighted by Crippen LogP contribution is 2.28. The number of nitrogens with zero attached hydrogens (tertiary/aromatic N) is 3. The van der Waals surface area contributed by atoms with Crippen LogP contribution in [0.1, 0.15) is 16.1 Å². The molecular weight excluding hydrogens is 373 g/mol. The molecule has 3 N–H and O–H groups in total. The summed E-state index contributed by atoms with van der Waals surface area (Å²) in [5.74, 6) is 0.177. The van der Waals surface area contributed by atoms with Crippen molar-refractivity contribution >= 4 is 35.2 Å². The molecule has 1 amide bonds. The van der Waals surface area contributed by atoms with Gasteiger partial charge < -0.3 is 20.4 Å². The van der Waals surface area contributed by atoms with E-state index in [1.54, 1.807) is 24.0 Å². The fourth-order valence-electron chi connectivity index (χ4n) is 3.16. The molecule has 1 fully saturated rings. The quantitative estimate of drug-likeness (QED) is 0.699. The van der Waals surface area contributed by atoms with Crippen molar-refractivity contribution in [3.05, 3.63) is 41.3 Å². The zero-order valence-corrected chi connectivity index (χ0v) is 15.5. The predicted octanol–water partition coefficient (Wildman–Crippen LogP) is 2.55. The van der Waals surface area contributed by atoms with Crippen LogP contribution in [0.25, 0.3) is 22.4 Å². The van der Waals surface area contributed by atoms with E-state index in [0.717, 1.165) is 0 Å². The average Bonchev–Trinajstić information content (AvgIpc) is 3.08. The second-order valence-electron chi connectivity index (χ2n) is 6.18. The highest BCUT2D eigenvalue weighted by Gasteiger charge is 2.26. The summed E-state index contributed by atoms with van der Waals surface area (Å²) in [6.07, 6.45) is 0. The molecule has 0 unspecified atom stereocenters. The Bertz CT molecular complexity index is 1000. The normalized spacial score (nSPS) is 14.2. The number of carbonyl (C=O) groups is 1. The predicted molar refractivity (Wildman–Crippen MR) is 102 cm³/mol. The number of nitrogens with two attached hydrogens (primary N) is 1. The van der Waals surface area contributed by atoms with Crippen LogP contribution in [0.15, 0.2) is 24.3 Å². The number of ether oxygens (including phenoxy) is 1. The molecule has 4 rings (SSSR count). The molecule has 0 spiro atoms. The van der Waals surface area contributed by atoms with Crippen molar-refractivity contribution in [2.24, 2.45) is 0 Å². The van der Waals surface area contributed by atoms with Crippen LogP contribution in [-0.2, 0) is 4.74 Å². The smallest absolute Gasteiger partial charge is 0.258 e. The molecule has 1 aliphatic heterocycles. The van der Waals surface area contributed by atoms with Gasteiger partial charge in [0, 0.05) is 18.7 Å². The number of morpholine rings is 1. The summed E-state index contributed by atoms with van der Waals surface area (Å²) in [5, 5.41) is 0. The molecule has 0 aliphatic carbocycles. The van der Waals surface area contributed by atoms with Gasteiger partial charge in [0.15, 0.2) is 0 Å². The van der Waals surface area contributed by atoms with Crippen LogP contribution in [0.5, 0.6) is 0 Å². The maximum atomic E-state index is 13.6. The summed E-state index contributed by atoms with van der Waals surface area (Å²) < 4.78 is 18.9. The third-order valence-electron chi connectivity index (χ3n) is 4.46. The lowest BCUT2D eigenvalue weighted by Crippen LogP contribution is -2.41. The van der Waals surface area contributed by atoms with Crippen molar-refractivity contribution in [3.63, 3.8) is 0 Å². The van der Waals surface area contributed by atoms with Gasteiger partial charge in [-0.2, -0.15) is 0 Å². The van der Waals surface area contributed by atoms with E-state index in [0.29, 0.717) is 60.0 Å². The molecule has 0 saturated carbocycles. The Morgan fingerprint density at radius 1 is 1.30 bits per heavy atom. The van der Waals surface area contributed by atoms with Crippen LogP contribution in [0, 0.1) is 12.7 Å². The lowest BCUT2D eigenvalue weighted by Gasteiger charge is -2.27. The summed E-state index contributed by atoms with van der Waals surface area (Å²) in [6.45, 7) is 3.79. The van der Waals surface area contributed by atoms with E-state index in [4.69, 9.17) is 10.5 Å². The Morgan fingerprint density at radius 3 is 2.74 bits per heavy atom. The van der Waals surface area contributed by atoms with Gasteiger partial charge in [0.05, 0.1) is 24.5 Å². The van der Waals surface area contributed by atoms with Crippen molar-refractivity contribution in [1.82, 2.24) is 19.9 Å². The summed E-state index contributed by atoms with van der Waals surface area (Å²) >= 11 is 0. The van der Waals surface area contributed by atoms with Crippen molar-refractivity contribution in [3.8, 4) is 11.4 Å². The molecular formula is C18H19ClFN5O2. The number of aromatic nitrogens is 3. The lowest BCUT2D eigenvalue weighted by molar-refractivity contribution is 0.0303. The van der Waals surface area contributed by atoms with E-state index in [9.17, 15) is 9.18 Å². The number of carbonyl (C=O) groups excluding carboxylic acids is 1. The standard InChI is InChI=1S/C18H18FN5O2.ClH/c1-10-13(18(25)24-5-7-26-8-6-24)14-15(16(20)21-10)23-17(22-14)11-3-2-4-12(19)9-11;/h2-4,9H,5-8H2,1H3,(H2,20,21)(H,22,23);1H. The maximum absolute atomic E-state index is 13.6. The molecule has 1 aromatic carbocycles. The Kier molecular flexibility index (Phi) is 5.29. The minimum atomic E-state index is -0.366. The van der Waals surface area contributed by atoms with Gasteiger partial charge in [-0.25, -0.2) is 14.4 Å². The second kappa shape index (κ2) is 7.50. The molecule has 0 atom stereocenters. The Hall–Kier alpha value is -2.71. The molecule has 3 heterocycles. The number of hydrogen-bond donors (Lipinski definition) is 2. The number of aryl methyl sites for hydroxylation is 1. The third-order valence-corrected chi connectivity index (χ3v) is 4.46. The van der Waals surface area contributed by atoms with Gasteiger partial charge in [0.25, 0.3) is 5.91 Å². The molecule has 27 heavy (non-hydrogen) atoms. The number of H-pyrrole nitrogens is 1. The molecule has 2 aromatic heterocycles. The molecule has 1 aliphatic rings. The first-order valence-electron chi connectivity index (χ1n) is 8.33. The van der Waals surface area contributed by atoms with Crippen LogP contribution in [-0.4, -0.2) is 52.1 Å². The third kappa shape index (κ3) is 3.45. The van der Waals surface area contributed by atoms with Crippen LogP contribution in [0.3, 0.4) is 0 Å². The van der Waals surface area contributed by atoms with Crippen molar-refractivity contribution < 1.29 is 13.9 Å². The molecule has 3 aromatic rings. The Labute approximate surface area is 161 Å². The first kappa shape index (κ1) is 19.1.